The fraction of sp³-hybridized carbons (Fsp3) is 0.333. The van der Waals surface area contributed by atoms with Crippen molar-refractivity contribution < 1.29 is 9.63 Å². The molecule has 1 aliphatic carbocycles. The van der Waals surface area contributed by atoms with Crippen molar-refractivity contribution in [3.63, 3.8) is 0 Å². The Morgan fingerprint density at radius 2 is 2.13 bits per heavy atom. The van der Waals surface area contributed by atoms with Gasteiger partial charge in [0.15, 0.2) is 0 Å². The van der Waals surface area contributed by atoms with E-state index in [-0.39, 0.29) is 12.6 Å². The molecular formula is C24H26N4O2. The van der Waals surface area contributed by atoms with Crippen molar-refractivity contribution in [3.8, 4) is 22.8 Å². The molecule has 2 N–H and O–H groups in total. The van der Waals surface area contributed by atoms with Crippen LogP contribution in [0.3, 0.4) is 0 Å². The molecule has 0 amide bonds. The second kappa shape index (κ2) is 7.70. The Kier molecular flexibility index (Phi) is 4.89. The Balaban J connectivity index is 1.47. The second-order valence-electron chi connectivity index (χ2n) is 8.16. The van der Waals surface area contributed by atoms with E-state index in [1.807, 2.05) is 12.1 Å². The summed E-state index contributed by atoms with van der Waals surface area (Å²) in [5, 5.41) is 18.0. The molecule has 154 valence electrons. The molecule has 1 atom stereocenters. The summed E-state index contributed by atoms with van der Waals surface area (Å²) in [4.78, 5) is 4.72. The smallest absolute Gasteiger partial charge is 0.258 e. The standard InChI is InChI=1S/C24H26N4O2/c1-15(2)28-12-10-16-14-17(6-9-22(16)28)24-26-23(27-30-24)20-5-3-4-19-18(20)7-8-21(19)25-11-13-29/h3-6,9-10,12,14-15,21,25,29H,7-8,11,13H2,1-2H3. The fourth-order valence-electron chi connectivity index (χ4n) is 4.51. The van der Waals surface area contributed by atoms with Gasteiger partial charge in [-0.3, -0.25) is 0 Å². The van der Waals surface area contributed by atoms with Crippen molar-refractivity contribution in [1.29, 1.82) is 0 Å². The Bertz CT molecular complexity index is 1190. The van der Waals surface area contributed by atoms with E-state index >= 15 is 0 Å². The lowest BCUT2D eigenvalue weighted by Crippen LogP contribution is -2.22. The Morgan fingerprint density at radius 1 is 1.23 bits per heavy atom. The number of fused-ring (bicyclic) bond motifs is 2. The zero-order valence-electron chi connectivity index (χ0n) is 17.3. The van der Waals surface area contributed by atoms with Gasteiger partial charge in [-0.25, -0.2) is 0 Å². The minimum absolute atomic E-state index is 0.143. The third kappa shape index (κ3) is 3.22. The number of benzene rings is 2. The first-order valence-electron chi connectivity index (χ1n) is 10.6. The van der Waals surface area contributed by atoms with Gasteiger partial charge in [0, 0.05) is 46.9 Å². The molecule has 1 unspecified atom stereocenters. The number of aliphatic hydroxyl groups excluding tert-OH is 1. The van der Waals surface area contributed by atoms with Crippen LogP contribution in [-0.4, -0.2) is 33.0 Å². The number of nitrogens with zero attached hydrogens (tertiary/aromatic N) is 3. The summed E-state index contributed by atoms with van der Waals surface area (Å²) in [6, 6.07) is 15.3. The van der Waals surface area contributed by atoms with E-state index in [0.717, 1.165) is 24.0 Å². The van der Waals surface area contributed by atoms with Gasteiger partial charge in [0.2, 0.25) is 5.82 Å². The van der Waals surface area contributed by atoms with E-state index in [0.29, 0.717) is 24.3 Å². The van der Waals surface area contributed by atoms with E-state index in [1.165, 1.54) is 22.0 Å². The Labute approximate surface area is 175 Å². The van der Waals surface area contributed by atoms with Crippen molar-refractivity contribution in [2.24, 2.45) is 0 Å². The van der Waals surface area contributed by atoms with Crippen LogP contribution in [0, 0.1) is 0 Å². The highest BCUT2D eigenvalue weighted by atomic mass is 16.5. The molecule has 2 heterocycles. The molecule has 0 saturated heterocycles. The summed E-state index contributed by atoms with van der Waals surface area (Å²) in [5.74, 6) is 1.17. The van der Waals surface area contributed by atoms with Crippen LogP contribution in [-0.2, 0) is 6.42 Å². The lowest BCUT2D eigenvalue weighted by atomic mass is 10.0. The van der Waals surface area contributed by atoms with Gasteiger partial charge in [-0.15, -0.1) is 0 Å². The topological polar surface area (TPSA) is 76.1 Å². The molecule has 0 bridgehead atoms. The zero-order valence-corrected chi connectivity index (χ0v) is 17.3. The third-order valence-corrected chi connectivity index (χ3v) is 5.96. The van der Waals surface area contributed by atoms with Gasteiger partial charge < -0.3 is 19.5 Å². The summed E-state index contributed by atoms with van der Waals surface area (Å²) in [6.07, 6.45) is 4.10. The molecule has 0 radical (unpaired) electrons. The third-order valence-electron chi connectivity index (χ3n) is 5.96. The number of hydrogen-bond acceptors (Lipinski definition) is 5. The van der Waals surface area contributed by atoms with Crippen LogP contribution >= 0.6 is 0 Å². The van der Waals surface area contributed by atoms with Crippen molar-refractivity contribution in [2.45, 2.75) is 38.8 Å². The average molecular weight is 402 g/mol. The molecule has 0 aliphatic heterocycles. The van der Waals surface area contributed by atoms with Crippen LogP contribution < -0.4 is 5.32 Å². The van der Waals surface area contributed by atoms with Gasteiger partial charge in [0.1, 0.15) is 0 Å². The summed E-state index contributed by atoms with van der Waals surface area (Å²) in [5.41, 5.74) is 5.70. The van der Waals surface area contributed by atoms with E-state index in [1.54, 1.807) is 0 Å². The molecule has 30 heavy (non-hydrogen) atoms. The molecule has 2 aromatic heterocycles. The van der Waals surface area contributed by atoms with Gasteiger partial charge in [-0.05, 0) is 62.1 Å². The molecule has 6 heteroatoms. The van der Waals surface area contributed by atoms with Gasteiger partial charge in [-0.1, -0.05) is 23.4 Å². The molecular weight excluding hydrogens is 376 g/mol. The first-order chi connectivity index (χ1) is 14.7. The second-order valence-corrected chi connectivity index (χ2v) is 8.16. The van der Waals surface area contributed by atoms with Crippen molar-refractivity contribution in [3.05, 3.63) is 59.8 Å². The van der Waals surface area contributed by atoms with E-state index in [9.17, 15) is 0 Å². The minimum atomic E-state index is 0.143. The number of aliphatic hydroxyl groups is 1. The van der Waals surface area contributed by atoms with Crippen LogP contribution in [0.25, 0.3) is 33.7 Å². The number of nitrogens with one attached hydrogen (secondary N) is 1. The average Bonchev–Trinajstić information content (AvgIpc) is 3.49. The monoisotopic (exact) mass is 402 g/mol. The normalized spacial score (nSPS) is 15.9. The van der Waals surface area contributed by atoms with Crippen molar-refractivity contribution in [1.82, 2.24) is 20.0 Å². The Morgan fingerprint density at radius 3 is 2.97 bits per heavy atom. The molecule has 5 rings (SSSR count). The number of hydrogen-bond donors (Lipinski definition) is 2. The van der Waals surface area contributed by atoms with Crippen molar-refractivity contribution in [2.75, 3.05) is 13.2 Å². The van der Waals surface area contributed by atoms with Gasteiger partial charge >= 0.3 is 0 Å². The first-order valence-corrected chi connectivity index (χ1v) is 10.6. The van der Waals surface area contributed by atoms with E-state index in [2.05, 4.69) is 65.4 Å². The van der Waals surface area contributed by atoms with Gasteiger partial charge in [-0.2, -0.15) is 4.98 Å². The maximum absolute atomic E-state index is 9.12. The predicted octanol–water partition coefficient (Wildman–Crippen LogP) is 4.51. The first kappa shape index (κ1) is 19.0. The summed E-state index contributed by atoms with van der Waals surface area (Å²) >= 11 is 0. The van der Waals surface area contributed by atoms with Crippen LogP contribution in [0.15, 0.2) is 53.2 Å². The summed E-state index contributed by atoms with van der Waals surface area (Å²) < 4.78 is 7.90. The van der Waals surface area contributed by atoms with Crippen LogP contribution in [0.2, 0.25) is 0 Å². The highest BCUT2D eigenvalue weighted by Gasteiger charge is 2.26. The van der Waals surface area contributed by atoms with Gasteiger partial charge in [0.25, 0.3) is 5.89 Å². The fourth-order valence-corrected chi connectivity index (χ4v) is 4.51. The molecule has 1 aliphatic rings. The summed E-state index contributed by atoms with van der Waals surface area (Å²) in [6.45, 7) is 5.10. The van der Waals surface area contributed by atoms with Crippen LogP contribution in [0.4, 0.5) is 0 Å². The maximum Gasteiger partial charge on any atom is 0.258 e. The molecule has 4 aromatic rings. The molecule has 0 fully saturated rings. The predicted molar refractivity (Wildman–Crippen MR) is 117 cm³/mol. The Hall–Kier alpha value is -2.96. The number of rotatable bonds is 6. The molecule has 0 spiro atoms. The lowest BCUT2D eigenvalue weighted by Gasteiger charge is -2.13. The largest absolute Gasteiger partial charge is 0.395 e. The SMILES string of the molecule is CC(C)n1ccc2cc(-c3nc(-c4cccc5c4CCC5NCCO)no3)ccc21. The van der Waals surface area contributed by atoms with Crippen LogP contribution in [0.5, 0.6) is 0 Å². The number of aromatic nitrogens is 3. The van der Waals surface area contributed by atoms with E-state index in [4.69, 9.17) is 14.6 Å². The zero-order chi connectivity index (χ0) is 20.7. The highest BCUT2D eigenvalue weighted by molar-refractivity contribution is 5.84. The molecule has 0 saturated carbocycles. The minimum Gasteiger partial charge on any atom is -0.395 e. The van der Waals surface area contributed by atoms with Crippen molar-refractivity contribution >= 4 is 10.9 Å². The van der Waals surface area contributed by atoms with Crippen LogP contribution in [0.1, 0.15) is 43.5 Å². The maximum atomic E-state index is 9.12. The van der Waals surface area contributed by atoms with E-state index < -0.39 is 0 Å². The highest BCUT2D eigenvalue weighted by Crippen LogP contribution is 2.37. The summed E-state index contributed by atoms with van der Waals surface area (Å²) in [7, 11) is 0. The van der Waals surface area contributed by atoms with Gasteiger partial charge in [0.05, 0.1) is 6.61 Å². The quantitative estimate of drug-likeness (QED) is 0.496. The molecule has 6 nitrogen and oxygen atoms in total. The molecule has 2 aromatic carbocycles. The lowest BCUT2D eigenvalue weighted by molar-refractivity contribution is 0.284.